The monoisotopic (exact) mass is 269 g/mol. The zero-order chi connectivity index (χ0) is 12.0. The maximum Gasteiger partial charge on any atom is 0.175 e. The number of sulfone groups is 1. The van der Waals surface area contributed by atoms with Crippen LogP contribution in [0, 0.1) is 0 Å². The number of anilines is 1. The molecule has 17 heavy (non-hydrogen) atoms. The quantitative estimate of drug-likeness (QED) is 0.721. The van der Waals surface area contributed by atoms with Crippen molar-refractivity contribution in [2.45, 2.75) is 12.1 Å². The number of thiocarbonyl (C=S) groups is 1. The minimum Gasteiger partial charge on any atom is -0.356 e. The van der Waals surface area contributed by atoms with E-state index in [1.165, 1.54) is 0 Å². The van der Waals surface area contributed by atoms with E-state index in [0.29, 0.717) is 10.9 Å². The number of hydrogen-bond donors (Lipinski definition) is 1. The van der Waals surface area contributed by atoms with E-state index in [1.54, 1.807) is 6.20 Å². The van der Waals surface area contributed by atoms with Crippen LogP contribution in [-0.2, 0) is 9.84 Å². The fourth-order valence-electron chi connectivity index (χ4n) is 2.37. The Morgan fingerprint density at radius 2 is 2.24 bits per heavy atom. The van der Waals surface area contributed by atoms with Crippen LogP contribution in [0.3, 0.4) is 0 Å². The van der Waals surface area contributed by atoms with Gasteiger partial charge in [0, 0.05) is 6.20 Å². The molecule has 0 unspecified atom stereocenters. The SMILES string of the molecule is O=S1(=O)C[C@@H]2NC(=S)N(c3ccccn3)[C@H]2C1. The molecule has 2 aliphatic heterocycles. The summed E-state index contributed by atoms with van der Waals surface area (Å²) in [4.78, 5) is 6.03. The van der Waals surface area contributed by atoms with E-state index in [4.69, 9.17) is 12.2 Å². The number of aromatic nitrogens is 1. The summed E-state index contributed by atoms with van der Waals surface area (Å²) in [7, 11) is -2.96. The van der Waals surface area contributed by atoms with E-state index in [0.717, 1.165) is 0 Å². The number of nitrogens with zero attached hydrogens (tertiary/aromatic N) is 2. The van der Waals surface area contributed by atoms with Gasteiger partial charge in [-0.3, -0.25) is 4.90 Å². The first-order chi connectivity index (χ1) is 8.07. The maximum atomic E-state index is 11.6. The molecule has 2 aliphatic rings. The van der Waals surface area contributed by atoms with E-state index in [2.05, 4.69) is 10.3 Å². The topological polar surface area (TPSA) is 62.3 Å². The molecule has 0 amide bonds. The zero-order valence-electron chi connectivity index (χ0n) is 8.91. The summed E-state index contributed by atoms with van der Waals surface area (Å²) in [6, 6.07) is 5.29. The number of pyridine rings is 1. The van der Waals surface area contributed by atoms with Gasteiger partial charge in [0.15, 0.2) is 14.9 Å². The van der Waals surface area contributed by atoms with Crippen LogP contribution in [0.25, 0.3) is 0 Å². The van der Waals surface area contributed by atoms with Crippen molar-refractivity contribution in [2.24, 2.45) is 0 Å². The van der Waals surface area contributed by atoms with E-state index in [-0.39, 0.29) is 23.6 Å². The lowest BCUT2D eigenvalue weighted by Gasteiger charge is -2.21. The summed E-state index contributed by atoms with van der Waals surface area (Å²) >= 11 is 5.23. The lowest BCUT2D eigenvalue weighted by Crippen LogP contribution is -2.37. The van der Waals surface area contributed by atoms with Gasteiger partial charge in [0.25, 0.3) is 0 Å². The van der Waals surface area contributed by atoms with Crippen molar-refractivity contribution < 1.29 is 8.42 Å². The lowest BCUT2D eigenvalue weighted by atomic mass is 10.2. The summed E-state index contributed by atoms with van der Waals surface area (Å²) in [6.07, 6.45) is 1.68. The molecule has 1 aromatic heterocycles. The van der Waals surface area contributed by atoms with Crippen LogP contribution >= 0.6 is 12.2 Å². The first-order valence-electron chi connectivity index (χ1n) is 5.28. The molecule has 0 radical (unpaired) electrons. The minimum absolute atomic E-state index is 0.102. The Kier molecular flexibility index (Phi) is 2.34. The smallest absolute Gasteiger partial charge is 0.175 e. The Bertz CT molecular complexity index is 558. The van der Waals surface area contributed by atoms with Crippen LogP contribution in [0.2, 0.25) is 0 Å². The Balaban J connectivity index is 1.98. The van der Waals surface area contributed by atoms with Crippen molar-refractivity contribution >= 4 is 33.0 Å². The molecule has 90 valence electrons. The molecular weight excluding hydrogens is 258 g/mol. The molecule has 0 saturated carbocycles. The molecule has 1 aromatic rings. The van der Waals surface area contributed by atoms with Crippen molar-refractivity contribution in [1.29, 1.82) is 0 Å². The molecule has 0 aromatic carbocycles. The van der Waals surface area contributed by atoms with Crippen LogP contribution in [0.15, 0.2) is 24.4 Å². The Morgan fingerprint density at radius 1 is 1.41 bits per heavy atom. The molecular formula is C10H11N3O2S2. The molecule has 0 aliphatic carbocycles. The molecule has 3 heterocycles. The number of nitrogens with one attached hydrogen (secondary N) is 1. The summed E-state index contributed by atoms with van der Waals surface area (Å²) in [5.74, 6) is 0.998. The number of rotatable bonds is 1. The molecule has 0 spiro atoms. The van der Waals surface area contributed by atoms with Gasteiger partial charge in [-0.1, -0.05) is 6.07 Å². The van der Waals surface area contributed by atoms with E-state index in [9.17, 15) is 8.42 Å². The van der Waals surface area contributed by atoms with Gasteiger partial charge >= 0.3 is 0 Å². The van der Waals surface area contributed by atoms with Crippen LogP contribution in [0.1, 0.15) is 0 Å². The third-order valence-electron chi connectivity index (χ3n) is 3.08. The predicted molar refractivity (Wildman–Crippen MR) is 68.7 cm³/mol. The first kappa shape index (κ1) is 10.9. The Hall–Kier alpha value is -1.21. The fraction of sp³-hybridized carbons (Fsp3) is 0.400. The van der Waals surface area contributed by atoms with E-state index < -0.39 is 9.84 Å². The lowest BCUT2D eigenvalue weighted by molar-refractivity contribution is 0.600. The van der Waals surface area contributed by atoms with Crippen LogP contribution in [-0.4, -0.2) is 42.1 Å². The normalized spacial score (nSPS) is 30.1. The molecule has 3 rings (SSSR count). The van der Waals surface area contributed by atoms with Gasteiger partial charge in [0.2, 0.25) is 0 Å². The second kappa shape index (κ2) is 3.64. The van der Waals surface area contributed by atoms with Crippen LogP contribution < -0.4 is 10.2 Å². The van der Waals surface area contributed by atoms with Crippen molar-refractivity contribution in [1.82, 2.24) is 10.3 Å². The van der Waals surface area contributed by atoms with Gasteiger partial charge in [-0.2, -0.15) is 0 Å². The summed E-state index contributed by atoms with van der Waals surface area (Å²) in [6.45, 7) is 0. The largest absolute Gasteiger partial charge is 0.356 e. The standard InChI is InChI=1S/C10H11N3O2S2/c14-17(15)5-7-8(6-17)13(10(16)12-7)9-3-1-2-4-11-9/h1-4,7-8H,5-6H2,(H,12,16)/t7-,8-/m0/s1. The highest BCUT2D eigenvalue weighted by molar-refractivity contribution is 7.91. The van der Waals surface area contributed by atoms with Crippen molar-refractivity contribution in [3.63, 3.8) is 0 Å². The van der Waals surface area contributed by atoms with Gasteiger partial charge in [0.05, 0.1) is 23.6 Å². The molecule has 7 heteroatoms. The zero-order valence-corrected chi connectivity index (χ0v) is 10.5. The fourth-order valence-corrected chi connectivity index (χ4v) is 4.64. The van der Waals surface area contributed by atoms with Gasteiger partial charge < -0.3 is 5.32 Å². The van der Waals surface area contributed by atoms with Crippen molar-refractivity contribution in [3.05, 3.63) is 24.4 Å². The first-order valence-corrected chi connectivity index (χ1v) is 7.51. The molecule has 2 saturated heterocycles. The maximum absolute atomic E-state index is 11.6. The third-order valence-corrected chi connectivity index (χ3v) is 5.11. The van der Waals surface area contributed by atoms with Gasteiger partial charge in [-0.15, -0.1) is 0 Å². The molecule has 1 N–H and O–H groups in total. The van der Waals surface area contributed by atoms with E-state index >= 15 is 0 Å². The minimum atomic E-state index is -2.96. The average molecular weight is 269 g/mol. The summed E-state index contributed by atoms with van der Waals surface area (Å²) in [5.41, 5.74) is 0. The van der Waals surface area contributed by atoms with Crippen molar-refractivity contribution in [2.75, 3.05) is 16.4 Å². The second-order valence-electron chi connectivity index (χ2n) is 4.26. The summed E-state index contributed by atoms with van der Waals surface area (Å²) < 4.78 is 23.2. The molecule has 0 bridgehead atoms. The Labute approximate surface area is 105 Å². The van der Waals surface area contributed by atoms with Crippen LogP contribution in [0.4, 0.5) is 5.82 Å². The van der Waals surface area contributed by atoms with E-state index in [1.807, 2.05) is 23.1 Å². The van der Waals surface area contributed by atoms with Gasteiger partial charge in [-0.05, 0) is 24.4 Å². The highest BCUT2D eigenvalue weighted by Gasteiger charge is 2.47. The third kappa shape index (κ3) is 1.79. The van der Waals surface area contributed by atoms with Crippen LogP contribution in [0.5, 0.6) is 0 Å². The molecule has 5 nitrogen and oxygen atoms in total. The van der Waals surface area contributed by atoms with Gasteiger partial charge in [-0.25, -0.2) is 13.4 Å². The van der Waals surface area contributed by atoms with Gasteiger partial charge in [0.1, 0.15) is 5.82 Å². The predicted octanol–water partition coefficient (Wildman–Crippen LogP) is -0.0583. The number of fused-ring (bicyclic) bond motifs is 1. The average Bonchev–Trinajstić information content (AvgIpc) is 2.69. The second-order valence-corrected chi connectivity index (χ2v) is 6.80. The highest BCUT2D eigenvalue weighted by Crippen LogP contribution is 2.27. The highest BCUT2D eigenvalue weighted by atomic mass is 32.2. The van der Waals surface area contributed by atoms with Crippen molar-refractivity contribution in [3.8, 4) is 0 Å². The summed E-state index contributed by atoms with van der Waals surface area (Å²) in [5, 5.41) is 3.62. The number of hydrogen-bond acceptors (Lipinski definition) is 4. The Morgan fingerprint density at radius 3 is 2.94 bits per heavy atom. The molecule has 2 atom stereocenters. The molecule has 2 fully saturated rings.